The lowest BCUT2D eigenvalue weighted by Gasteiger charge is -2.21. The van der Waals surface area contributed by atoms with Crippen molar-refractivity contribution in [2.24, 2.45) is 5.73 Å². The molecule has 0 aliphatic carbocycles. The molecular weight excluding hydrogens is 425 g/mol. The number of anilines is 1. The van der Waals surface area contributed by atoms with Crippen LogP contribution in [0.4, 0.5) is 10.2 Å². The third-order valence-corrected chi connectivity index (χ3v) is 6.72. The van der Waals surface area contributed by atoms with Gasteiger partial charge < -0.3 is 16.0 Å². The van der Waals surface area contributed by atoms with Crippen molar-refractivity contribution in [3.8, 4) is 11.3 Å². The van der Waals surface area contributed by atoms with E-state index in [4.69, 9.17) is 20.8 Å². The van der Waals surface area contributed by atoms with Crippen LogP contribution in [0, 0.1) is 5.82 Å². The van der Waals surface area contributed by atoms with Gasteiger partial charge in [-0.25, -0.2) is 18.9 Å². The second kappa shape index (κ2) is 8.93. The van der Waals surface area contributed by atoms with E-state index in [1.807, 2.05) is 22.0 Å². The maximum Gasteiger partial charge on any atom is 0.154 e. The molecular formula is C23H26FN7S. The summed E-state index contributed by atoms with van der Waals surface area (Å²) in [5.41, 5.74) is 11.0. The summed E-state index contributed by atoms with van der Waals surface area (Å²) in [7, 11) is 0. The van der Waals surface area contributed by atoms with Gasteiger partial charge in [0.2, 0.25) is 0 Å². The first-order valence-corrected chi connectivity index (χ1v) is 11.8. The van der Waals surface area contributed by atoms with Crippen LogP contribution in [-0.4, -0.2) is 45.8 Å². The van der Waals surface area contributed by atoms with Crippen LogP contribution < -0.4 is 16.0 Å². The van der Waals surface area contributed by atoms with Crippen molar-refractivity contribution < 1.29 is 4.39 Å². The van der Waals surface area contributed by atoms with Crippen LogP contribution in [0.2, 0.25) is 0 Å². The Morgan fingerprint density at radius 1 is 1.12 bits per heavy atom. The highest BCUT2D eigenvalue weighted by Gasteiger charge is 2.24. The highest BCUT2D eigenvalue weighted by molar-refractivity contribution is 7.10. The molecule has 0 amide bonds. The molecule has 1 unspecified atom stereocenters. The minimum Gasteiger partial charge on any atom is -0.354 e. The smallest absolute Gasteiger partial charge is 0.154 e. The Hall–Kier alpha value is -2.88. The van der Waals surface area contributed by atoms with E-state index >= 15 is 0 Å². The van der Waals surface area contributed by atoms with E-state index in [1.54, 1.807) is 12.1 Å². The molecule has 4 heterocycles. The van der Waals surface area contributed by atoms with Gasteiger partial charge in [0, 0.05) is 30.6 Å². The molecule has 0 radical (unpaired) electrons. The predicted octanol–water partition coefficient (Wildman–Crippen LogP) is 3.40. The van der Waals surface area contributed by atoms with Crippen molar-refractivity contribution in [2.45, 2.75) is 25.8 Å². The number of rotatable bonds is 5. The summed E-state index contributed by atoms with van der Waals surface area (Å²) in [5, 5.41) is 11.1. The Kier molecular flexibility index (Phi) is 5.86. The summed E-state index contributed by atoms with van der Waals surface area (Å²) in [5.74, 6) is 0.669. The molecule has 3 N–H and O–H groups in total. The summed E-state index contributed by atoms with van der Waals surface area (Å²) >= 11 is 1.50. The van der Waals surface area contributed by atoms with Gasteiger partial charge in [0.25, 0.3) is 0 Å². The van der Waals surface area contributed by atoms with Crippen molar-refractivity contribution in [1.82, 2.24) is 24.9 Å². The quantitative estimate of drug-likeness (QED) is 0.484. The number of fused-ring (bicyclic) bond motifs is 1. The summed E-state index contributed by atoms with van der Waals surface area (Å²) in [6, 6.07) is 9.95. The number of nitrogens with one attached hydrogen (secondary N) is 1. The Morgan fingerprint density at radius 2 is 1.97 bits per heavy atom. The van der Waals surface area contributed by atoms with Crippen molar-refractivity contribution in [3.63, 3.8) is 0 Å². The second-order valence-corrected chi connectivity index (χ2v) is 8.79. The molecule has 1 aliphatic rings. The lowest BCUT2D eigenvalue weighted by Crippen LogP contribution is -2.29. The second-order valence-electron chi connectivity index (χ2n) is 7.90. The van der Waals surface area contributed by atoms with E-state index in [9.17, 15) is 4.39 Å². The Morgan fingerprint density at radius 3 is 2.78 bits per heavy atom. The topological polar surface area (TPSA) is 84.4 Å². The van der Waals surface area contributed by atoms with E-state index in [0.29, 0.717) is 0 Å². The zero-order valence-corrected chi connectivity index (χ0v) is 18.8. The van der Waals surface area contributed by atoms with E-state index < -0.39 is 6.04 Å². The van der Waals surface area contributed by atoms with Crippen LogP contribution in [0.1, 0.15) is 35.8 Å². The maximum absolute atomic E-state index is 13.3. The van der Waals surface area contributed by atoms with Crippen LogP contribution in [0.3, 0.4) is 0 Å². The normalized spacial score (nSPS) is 15.8. The van der Waals surface area contributed by atoms with Gasteiger partial charge in [-0.15, -0.1) is 16.4 Å². The molecule has 9 heteroatoms. The minimum atomic E-state index is -0.451. The van der Waals surface area contributed by atoms with Crippen molar-refractivity contribution in [2.75, 3.05) is 31.1 Å². The third kappa shape index (κ3) is 3.99. The molecule has 1 atom stereocenters. The number of nitrogens with zero attached hydrogens (tertiary/aromatic N) is 5. The predicted molar refractivity (Wildman–Crippen MR) is 126 cm³/mol. The summed E-state index contributed by atoms with van der Waals surface area (Å²) in [6.07, 6.45) is 1.84. The van der Waals surface area contributed by atoms with Gasteiger partial charge in [-0.3, -0.25) is 0 Å². The summed E-state index contributed by atoms with van der Waals surface area (Å²) in [6.45, 7) is 5.94. The zero-order chi connectivity index (χ0) is 22.1. The fraction of sp³-hybridized carbons (Fsp3) is 0.348. The van der Waals surface area contributed by atoms with Crippen molar-refractivity contribution in [3.05, 3.63) is 64.0 Å². The molecule has 166 valence electrons. The maximum atomic E-state index is 13.3. The van der Waals surface area contributed by atoms with E-state index in [0.717, 1.165) is 78.1 Å². The number of benzene rings is 1. The van der Waals surface area contributed by atoms with E-state index in [2.05, 4.69) is 17.1 Å². The molecule has 1 aliphatic heterocycles. The number of nitrogens with two attached hydrogens (primary N) is 1. The van der Waals surface area contributed by atoms with Gasteiger partial charge >= 0.3 is 0 Å². The molecule has 0 spiro atoms. The number of hydrogen-bond acceptors (Lipinski definition) is 7. The van der Waals surface area contributed by atoms with Crippen molar-refractivity contribution >= 4 is 22.8 Å². The largest absolute Gasteiger partial charge is 0.354 e. The molecule has 5 rings (SSSR count). The van der Waals surface area contributed by atoms with Crippen LogP contribution in [0.15, 0.2) is 41.8 Å². The van der Waals surface area contributed by atoms with Crippen molar-refractivity contribution in [1.29, 1.82) is 0 Å². The monoisotopic (exact) mass is 451 g/mol. The van der Waals surface area contributed by atoms with E-state index in [1.165, 1.54) is 23.5 Å². The van der Waals surface area contributed by atoms with Crippen LogP contribution in [0.25, 0.3) is 16.9 Å². The fourth-order valence-electron chi connectivity index (χ4n) is 4.10. The van der Waals surface area contributed by atoms with Gasteiger partial charge in [-0.2, -0.15) is 0 Å². The van der Waals surface area contributed by atoms with Gasteiger partial charge in [-0.05, 0) is 55.8 Å². The molecule has 1 aromatic carbocycles. The Labute approximate surface area is 190 Å². The Bertz CT molecular complexity index is 1210. The highest BCUT2D eigenvalue weighted by Crippen LogP contribution is 2.30. The van der Waals surface area contributed by atoms with Crippen LogP contribution in [0.5, 0.6) is 0 Å². The molecule has 1 saturated heterocycles. The van der Waals surface area contributed by atoms with Crippen LogP contribution in [-0.2, 0) is 6.42 Å². The number of thiazole rings is 1. The lowest BCUT2D eigenvalue weighted by molar-refractivity contribution is 0.628. The van der Waals surface area contributed by atoms with Gasteiger partial charge in [0.05, 0.1) is 17.1 Å². The van der Waals surface area contributed by atoms with Crippen LogP contribution >= 0.6 is 11.3 Å². The number of hydrogen-bond donors (Lipinski definition) is 2. The summed E-state index contributed by atoms with van der Waals surface area (Å²) < 4.78 is 15.2. The minimum absolute atomic E-state index is 0.263. The fourth-order valence-corrected chi connectivity index (χ4v) is 4.93. The zero-order valence-electron chi connectivity index (χ0n) is 18.0. The number of imidazole rings is 1. The van der Waals surface area contributed by atoms with Gasteiger partial charge in [0.15, 0.2) is 5.65 Å². The SMILES string of the molecule is CCc1nc2ccc(N3CCCNCC3)nn2c1C(N)c1nc(-c2ccc(F)cc2)cs1. The summed E-state index contributed by atoms with van der Waals surface area (Å²) in [4.78, 5) is 11.8. The number of aromatic nitrogens is 4. The standard InChI is InChI=1S/C23H26FN7S/c1-2-17-22(21(25)23-28-18(14-32-23)15-4-6-16(24)7-5-15)31-19(27-17)8-9-20(29-31)30-12-3-10-26-11-13-30/h4-9,14,21,26H,2-3,10-13,25H2,1H3. The number of aryl methyl sites for hydroxylation is 1. The highest BCUT2D eigenvalue weighted by atomic mass is 32.1. The first-order valence-electron chi connectivity index (χ1n) is 10.9. The van der Waals surface area contributed by atoms with Gasteiger partial charge in [0.1, 0.15) is 22.7 Å². The average Bonchev–Trinajstić information content (AvgIpc) is 3.35. The first kappa shape index (κ1) is 21.0. The molecule has 32 heavy (non-hydrogen) atoms. The molecule has 7 nitrogen and oxygen atoms in total. The molecule has 0 saturated carbocycles. The molecule has 1 fully saturated rings. The average molecular weight is 452 g/mol. The third-order valence-electron chi connectivity index (χ3n) is 5.80. The number of halogens is 1. The first-order chi connectivity index (χ1) is 15.6. The molecule has 4 aromatic rings. The molecule has 0 bridgehead atoms. The van der Waals surface area contributed by atoms with Gasteiger partial charge in [-0.1, -0.05) is 6.92 Å². The molecule has 3 aromatic heterocycles. The Balaban J connectivity index is 1.52. The van der Waals surface area contributed by atoms with E-state index in [-0.39, 0.29) is 5.82 Å². The lowest BCUT2D eigenvalue weighted by atomic mass is 10.1.